The van der Waals surface area contributed by atoms with E-state index in [0.717, 1.165) is 18.6 Å². The van der Waals surface area contributed by atoms with Crippen LogP contribution in [-0.2, 0) is 22.4 Å². The van der Waals surface area contributed by atoms with E-state index in [2.05, 4.69) is 22.8 Å². The maximum atomic E-state index is 12.2. The van der Waals surface area contributed by atoms with Crippen molar-refractivity contribution in [1.82, 2.24) is 5.32 Å². The molecule has 4 nitrogen and oxygen atoms in total. The van der Waals surface area contributed by atoms with Crippen molar-refractivity contribution in [2.75, 3.05) is 13.2 Å². The van der Waals surface area contributed by atoms with Crippen molar-refractivity contribution < 1.29 is 14.3 Å². The Kier molecular flexibility index (Phi) is 4.06. The summed E-state index contributed by atoms with van der Waals surface area (Å²) in [6.07, 6.45) is 2.12. The first-order valence-electron chi connectivity index (χ1n) is 7.99. The lowest BCUT2D eigenvalue weighted by Crippen LogP contribution is -2.35. The molecule has 120 valence electrons. The molecule has 0 saturated carbocycles. The first-order valence-corrected chi connectivity index (χ1v) is 8.86. The smallest absolute Gasteiger partial charge is 0.223 e. The Hall–Kier alpha value is -1.85. The van der Waals surface area contributed by atoms with E-state index in [-0.39, 0.29) is 18.1 Å². The van der Waals surface area contributed by atoms with E-state index in [9.17, 15) is 4.79 Å². The van der Waals surface area contributed by atoms with E-state index in [1.807, 2.05) is 18.2 Å². The number of hydrogen-bond donors (Lipinski definition) is 1. The summed E-state index contributed by atoms with van der Waals surface area (Å²) in [5, 5.41) is 5.07. The number of nitrogens with one attached hydrogen (secondary N) is 1. The minimum Gasteiger partial charge on any atom is -0.488 e. The zero-order valence-corrected chi connectivity index (χ0v) is 13.6. The van der Waals surface area contributed by atoms with Crippen LogP contribution < -0.4 is 10.1 Å². The number of para-hydroxylation sites is 1. The molecule has 0 unspecified atom stereocenters. The van der Waals surface area contributed by atoms with Crippen LogP contribution in [0, 0.1) is 0 Å². The summed E-state index contributed by atoms with van der Waals surface area (Å²) in [5.74, 6) is 0.960. The predicted octanol–water partition coefficient (Wildman–Crippen LogP) is 2.87. The van der Waals surface area contributed by atoms with Gasteiger partial charge < -0.3 is 14.8 Å². The maximum Gasteiger partial charge on any atom is 0.223 e. The second-order valence-electron chi connectivity index (χ2n) is 5.98. The second-order valence-corrected chi connectivity index (χ2v) is 6.93. The van der Waals surface area contributed by atoms with Crippen LogP contribution in [0.1, 0.15) is 28.5 Å². The van der Waals surface area contributed by atoms with Crippen molar-refractivity contribution in [1.29, 1.82) is 0 Å². The van der Waals surface area contributed by atoms with Crippen LogP contribution in [0.15, 0.2) is 35.7 Å². The van der Waals surface area contributed by atoms with Crippen molar-refractivity contribution >= 4 is 17.2 Å². The Bertz CT molecular complexity index is 687. The SMILES string of the molecule is O=C(C[C@@H]1OCCc2ccsc21)NC[C@H]1Cc2ccccc2O1. The average Bonchev–Trinajstić information content (AvgIpc) is 3.19. The highest BCUT2D eigenvalue weighted by Crippen LogP contribution is 2.34. The van der Waals surface area contributed by atoms with Gasteiger partial charge >= 0.3 is 0 Å². The van der Waals surface area contributed by atoms with Crippen molar-refractivity contribution in [2.24, 2.45) is 0 Å². The third-order valence-corrected chi connectivity index (χ3v) is 5.43. The minimum atomic E-state index is -0.0968. The Morgan fingerprint density at radius 1 is 1.26 bits per heavy atom. The topological polar surface area (TPSA) is 47.6 Å². The molecule has 1 amide bonds. The summed E-state index contributed by atoms with van der Waals surface area (Å²) < 4.78 is 11.6. The van der Waals surface area contributed by atoms with Gasteiger partial charge in [0.25, 0.3) is 0 Å². The average molecular weight is 329 g/mol. The van der Waals surface area contributed by atoms with E-state index in [0.29, 0.717) is 19.6 Å². The Labute approximate surface area is 139 Å². The molecule has 3 heterocycles. The third-order valence-electron chi connectivity index (χ3n) is 4.38. The van der Waals surface area contributed by atoms with Gasteiger partial charge in [0, 0.05) is 11.3 Å². The standard InChI is InChI=1S/C18H19NO3S/c20-17(10-16-18-12(5-7-21-16)6-8-23-18)19-11-14-9-13-3-1-2-4-15(13)22-14/h1-4,6,8,14,16H,5,7,9-11H2,(H,19,20)/t14-,16+/m1/s1. The van der Waals surface area contributed by atoms with Gasteiger partial charge in [-0.25, -0.2) is 0 Å². The zero-order valence-electron chi connectivity index (χ0n) is 12.8. The van der Waals surface area contributed by atoms with Crippen LogP contribution in [0.2, 0.25) is 0 Å². The number of fused-ring (bicyclic) bond motifs is 2. The first-order chi connectivity index (χ1) is 11.3. The fourth-order valence-electron chi connectivity index (χ4n) is 3.21. The van der Waals surface area contributed by atoms with E-state index in [1.54, 1.807) is 11.3 Å². The molecule has 0 fully saturated rings. The summed E-state index contributed by atoms with van der Waals surface area (Å²) in [6.45, 7) is 1.24. The largest absolute Gasteiger partial charge is 0.488 e. The van der Waals surface area contributed by atoms with Gasteiger partial charge in [-0.3, -0.25) is 4.79 Å². The fraction of sp³-hybridized carbons (Fsp3) is 0.389. The highest BCUT2D eigenvalue weighted by Gasteiger charge is 2.26. The molecular weight excluding hydrogens is 310 g/mol. The molecule has 2 aliphatic rings. The van der Waals surface area contributed by atoms with Gasteiger partial charge in [0.2, 0.25) is 5.91 Å². The van der Waals surface area contributed by atoms with Crippen LogP contribution in [0.4, 0.5) is 0 Å². The molecule has 1 aromatic carbocycles. The van der Waals surface area contributed by atoms with Gasteiger partial charge in [0.1, 0.15) is 18.0 Å². The molecule has 0 aliphatic carbocycles. The molecule has 1 aromatic heterocycles. The highest BCUT2D eigenvalue weighted by molar-refractivity contribution is 7.10. The molecule has 0 saturated heterocycles. The Morgan fingerprint density at radius 3 is 3.09 bits per heavy atom. The summed E-state index contributed by atoms with van der Waals surface area (Å²) in [5.41, 5.74) is 2.54. The molecule has 23 heavy (non-hydrogen) atoms. The van der Waals surface area contributed by atoms with Crippen molar-refractivity contribution in [3.05, 3.63) is 51.7 Å². The van der Waals surface area contributed by atoms with Gasteiger partial charge in [-0.05, 0) is 35.1 Å². The number of thiophene rings is 1. The van der Waals surface area contributed by atoms with Gasteiger partial charge in [0.05, 0.1) is 19.6 Å². The summed E-state index contributed by atoms with van der Waals surface area (Å²) in [6, 6.07) is 10.2. The number of carbonyl (C=O) groups is 1. The Balaban J connectivity index is 1.29. The monoisotopic (exact) mass is 329 g/mol. The van der Waals surface area contributed by atoms with Crippen LogP contribution in [0.5, 0.6) is 5.75 Å². The zero-order chi connectivity index (χ0) is 15.6. The molecule has 0 radical (unpaired) electrons. The molecular formula is C18H19NO3S. The minimum absolute atomic E-state index is 0.0239. The normalized spacial score (nSPS) is 22.1. The number of ether oxygens (including phenoxy) is 2. The summed E-state index contributed by atoms with van der Waals surface area (Å²) >= 11 is 1.68. The van der Waals surface area contributed by atoms with Gasteiger partial charge in [-0.1, -0.05) is 18.2 Å². The molecule has 0 bridgehead atoms. The number of amides is 1. The molecule has 4 rings (SSSR count). The lowest BCUT2D eigenvalue weighted by atomic mass is 10.1. The van der Waals surface area contributed by atoms with Crippen LogP contribution in [0.3, 0.4) is 0 Å². The fourth-order valence-corrected chi connectivity index (χ4v) is 4.21. The number of benzene rings is 1. The number of hydrogen-bond acceptors (Lipinski definition) is 4. The van der Waals surface area contributed by atoms with Gasteiger partial charge in [-0.2, -0.15) is 0 Å². The van der Waals surface area contributed by atoms with E-state index in [1.165, 1.54) is 16.0 Å². The van der Waals surface area contributed by atoms with Crippen LogP contribution in [-0.4, -0.2) is 25.2 Å². The molecule has 5 heteroatoms. The molecule has 0 spiro atoms. The molecule has 2 atom stereocenters. The maximum absolute atomic E-state index is 12.2. The number of rotatable bonds is 4. The van der Waals surface area contributed by atoms with E-state index in [4.69, 9.17) is 9.47 Å². The lowest BCUT2D eigenvalue weighted by molar-refractivity contribution is -0.124. The van der Waals surface area contributed by atoms with Crippen LogP contribution in [0.25, 0.3) is 0 Å². The molecule has 2 aromatic rings. The van der Waals surface area contributed by atoms with Gasteiger partial charge in [-0.15, -0.1) is 11.3 Å². The lowest BCUT2D eigenvalue weighted by Gasteiger charge is -2.23. The highest BCUT2D eigenvalue weighted by atomic mass is 32.1. The first kappa shape index (κ1) is 14.7. The van der Waals surface area contributed by atoms with Crippen LogP contribution >= 0.6 is 11.3 Å². The van der Waals surface area contributed by atoms with Crippen molar-refractivity contribution in [2.45, 2.75) is 31.5 Å². The predicted molar refractivity (Wildman–Crippen MR) is 88.9 cm³/mol. The Morgan fingerprint density at radius 2 is 2.17 bits per heavy atom. The summed E-state index contributed by atoms with van der Waals surface area (Å²) in [4.78, 5) is 13.4. The van der Waals surface area contributed by atoms with Crippen molar-refractivity contribution in [3.63, 3.8) is 0 Å². The molecule has 2 aliphatic heterocycles. The number of carbonyl (C=O) groups excluding carboxylic acids is 1. The van der Waals surface area contributed by atoms with Crippen molar-refractivity contribution in [3.8, 4) is 5.75 Å². The van der Waals surface area contributed by atoms with Gasteiger partial charge in [0.15, 0.2) is 0 Å². The summed E-state index contributed by atoms with van der Waals surface area (Å²) in [7, 11) is 0. The molecule has 1 N–H and O–H groups in total. The van der Waals surface area contributed by atoms with E-state index < -0.39 is 0 Å². The third kappa shape index (κ3) is 3.12. The van der Waals surface area contributed by atoms with E-state index >= 15 is 0 Å². The second kappa shape index (κ2) is 6.34. The quantitative estimate of drug-likeness (QED) is 0.938.